The molecule has 3 nitrogen and oxygen atoms in total. The van der Waals surface area contributed by atoms with Crippen molar-refractivity contribution in [2.45, 2.75) is 26.6 Å². The summed E-state index contributed by atoms with van der Waals surface area (Å²) in [6.45, 7) is 4.21. The Morgan fingerprint density at radius 1 is 1.10 bits per heavy atom. The van der Waals surface area contributed by atoms with Crippen molar-refractivity contribution < 1.29 is 14.6 Å². The van der Waals surface area contributed by atoms with E-state index >= 15 is 0 Å². The van der Waals surface area contributed by atoms with Crippen LogP contribution in [-0.4, -0.2) is 12.2 Å². The average Bonchev–Trinajstić information content (AvgIpc) is 2.45. The minimum absolute atomic E-state index is 0.467. The normalized spacial score (nSPS) is 12.0. The van der Waals surface area contributed by atoms with Crippen LogP contribution in [0.4, 0.5) is 0 Å². The molecule has 1 N–H and O–H groups in total. The smallest absolute Gasteiger partial charge is 0.125 e. The Morgan fingerprint density at radius 2 is 1.85 bits per heavy atom. The maximum absolute atomic E-state index is 9.72. The quantitative estimate of drug-likeness (QED) is 0.903. The SMILES string of the molecule is COc1ccc(COc2ccccc2C(C)O)cc1C. The number of aliphatic hydroxyl groups is 1. The first kappa shape index (κ1) is 14.4. The lowest BCUT2D eigenvalue weighted by Gasteiger charge is -2.14. The molecule has 0 amide bonds. The third-order valence-electron chi connectivity index (χ3n) is 3.22. The molecule has 0 saturated carbocycles. The van der Waals surface area contributed by atoms with E-state index in [0.29, 0.717) is 6.61 Å². The van der Waals surface area contributed by atoms with Gasteiger partial charge < -0.3 is 14.6 Å². The van der Waals surface area contributed by atoms with Crippen molar-refractivity contribution in [3.05, 3.63) is 59.2 Å². The highest BCUT2D eigenvalue weighted by Crippen LogP contribution is 2.26. The standard InChI is InChI=1S/C17H20O3/c1-12-10-14(8-9-16(12)19-3)11-20-17-7-5-4-6-15(17)13(2)18/h4-10,13,18H,11H2,1-3H3. The van der Waals surface area contributed by atoms with Crippen LogP contribution in [0.1, 0.15) is 29.7 Å². The van der Waals surface area contributed by atoms with Gasteiger partial charge in [0.1, 0.15) is 18.1 Å². The molecule has 0 aliphatic heterocycles. The molecule has 1 atom stereocenters. The molecule has 0 heterocycles. The van der Waals surface area contributed by atoms with E-state index in [9.17, 15) is 5.11 Å². The van der Waals surface area contributed by atoms with Crippen LogP contribution in [0.3, 0.4) is 0 Å². The van der Waals surface area contributed by atoms with Gasteiger partial charge in [-0.2, -0.15) is 0 Å². The van der Waals surface area contributed by atoms with Crippen LogP contribution in [0.25, 0.3) is 0 Å². The summed E-state index contributed by atoms with van der Waals surface area (Å²) in [5.41, 5.74) is 2.96. The van der Waals surface area contributed by atoms with Crippen LogP contribution in [0.5, 0.6) is 11.5 Å². The number of hydrogen-bond donors (Lipinski definition) is 1. The van der Waals surface area contributed by atoms with Gasteiger partial charge >= 0.3 is 0 Å². The zero-order valence-corrected chi connectivity index (χ0v) is 12.1. The van der Waals surface area contributed by atoms with Crippen molar-refractivity contribution in [2.75, 3.05) is 7.11 Å². The monoisotopic (exact) mass is 272 g/mol. The van der Waals surface area contributed by atoms with Crippen molar-refractivity contribution in [1.82, 2.24) is 0 Å². The van der Waals surface area contributed by atoms with Crippen molar-refractivity contribution in [1.29, 1.82) is 0 Å². The number of aryl methyl sites for hydroxylation is 1. The van der Waals surface area contributed by atoms with E-state index in [-0.39, 0.29) is 0 Å². The van der Waals surface area contributed by atoms with Gasteiger partial charge in [0.2, 0.25) is 0 Å². The molecule has 0 radical (unpaired) electrons. The second-order valence-electron chi connectivity index (χ2n) is 4.81. The maximum atomic E-state index is 9.72. The maximum Gasteiger partial charge on any atom is 0.125 e. The number of methoxy groups -OCH3 is 1. The number of aliphatic hydroxyl groups excluding tert-OH is 1. The molecule has 0 aliphatic rings. The van der Waals surface area contributed by atoms with Gasteiger partial charge in [-0.3, -0.25) is 0 Å². The van der Waals surface area contributed by atoms with Crippen LogP contribution in [-0.2, 0) is 6.61 Å². The van der Waals surface area contributed by atoms with Crippen molar-refractivity contribution in [2.24, 2.45) is 0 Å². The Hall–Kier alpha value is -2.00. The van der Waals surface area contributed by atoms with E-state index in [1.807, 2.05) is 49.4 Å². The number of hydrogen-bond acceptors (Lipinski definition) is 3. The average molecular weight is 272 g/mol. The number of rotatable bonds is 5. The van der Waals surface area contributed by atoms with Gasteiger partial charge in [0.25, 0.3) is 0 Å². The van der Waals surface area contributed by atoms with Crippen molar-refractivity contribution >= 4 is 0 Å². The molecule has 0 fully saturated rings. The summed E-state index contributed by atoms with van der Waals surface area (Å²) in [6.07, 6.45) is -0.538. The molecule has 2 rings (SSSR count). The second kappa shape index (κ2) is 6.44. The van der Waals surface area contributed by atoms with Gasteiger partial charge in [-0.25, -0.2) is 0 Å². The summed E-state index contributed by atoms with van der Waals surface area (Å²) < 4.78 is 11.1. The van der Waals surface area contributed by atoms with Gasteiger partial charge in [-0.1, -0.05) is 24.3 Å². The molecule has 1 unspecified atom stereocenters. The topological polar surface area (TPSA) is 38.7 Å². The summed E-state index contributed by atoms with van der Waals surface area (Å²) in [4.78, 5) is 0. The Bertz CT molecular complexity index is 576. The third-order valence-corrected chi connectivity index (χ3v) is 3.22. The molecule has 0 aromatic heterocycles. The predicted molar refractivity (Wildman–Crippen MR) is 79.1 cm³/mol. The van der Waals surface area contributed by atoms with E-state index < -0.39 is 6.10 Å². The van der Waals surface area contributed by atoms with E-state index in [2.05, 4.69) is 0 Å². The summed E-state index contributed by atoms with van der Waals surface area (Å²) >= 11 is 0. The lowest BCUT2D eigenvalue weighted by Crippen LogP contribution is -2.01. The van der Waals surface area contributed by atoms with Crippen LogP contribution >= 0.6 is 0 Å². The van der Waals surface area contributed by atoms with Gasteiger partial charge in [-0.05, 0) is 43.2 Å². The lowest BCUT2D eigenvalue weighted by atomic mass is 10.1. The van der Waals surface area contributed by atoms with E-state index in [1.54, 1.807) is 14.0 Å². The van der Waals surface area contributed by atoms with Gasteiger partial charge in [0, 0.05) is 5.56 Å². The fourth-order valence-corrected chi connectivity index (χ4v) is 2.15. The molecule has 20 heavy (non-hydrogen) atoms. The Morgan fingerprint density at radius 3 is 2.50 bits per heavy atom. The highest BCUT2D eigenvalue weighted by Gasteiger charge is 2.08. The summed E-state index contributed by atoms with van der Waals surface area (Å²) in [6, 6.07) is 13.5. The fraction of sp³-hybridized carbons (Fsp3) is 0.294. The predicted octanol–water partition coefficient (Wildman–Crippen LogP) is 3.64. The van der Waals surface area contributed by atoms with Crippen molar-refractivity contribution in [3.63, 3.8) is 0 Å². The second-order valence-corrected chi connectivity index (χ2v) is 4.81. The minimum atomic E-state index is -0.538. The first-order valence-corrected chi connectivity index (χ1v) is 6.65. The number of para-hydroxylation sites is 1. The summed E-state index contributed by atoms with van der Waals surface area (Å²) in [5, 5.41) is 9.72. The minimum Gasteiger partial charge on any atom is -0.496 e. The Labute approximate surface area is 119 Å². The highest BCUT2D eigenvalue weighted by molar-refractivity contribution is 5.37. The van der Waals surface area contributed by atoms with Crippen LogP contribution in [0.2, 0.25) is 0 Å². The number of benzene rings is 2. The molecule has 2 aromatic rings. The van der Waals surface area contributed by atoms with Crippen LogP contribution < -0.4 is 9.47 Å². The molecule has 0 saturated heterocycles. The fourth-order valence-electron chi connectivity index (χ4n) is 2.15. The van der Waals surface area contributed by atoms with Gasteiger partial charge in [-0.15, -0.1) is 0 Å². The number of ether oxygens (including phenoxy) is 2. The van der Waals surface area contributed by atoms with E-state index in [4.69, 9.17) is 9.47 Å². The van der Waals surface area contributed by atoms with Crippen LogP contribution in [0.15, 0.2) is 42.5 Å². The molecule has 106 valence electrons. The van der Waals surface area contributed by atoms with E-state index in [0.717, 1.165) is 28.2 Å². The van der Waals surface area contributed by atoms with E-state index in [1.165, 1.54) is 0 Å². The van der Waals surface area contributed by atoms with Crippen LogP contribution in [0, 0.1) is 6.92 Å². The zero-order valence-electron chi connectivity index (χ0n) is 12.1. The van der Waals surface area contributed by atoms with Gasteiger partial charge in [0.15, 0.2) is 0 Å². The summed E-state index contributed by atoms with van der Waals surface area (Å²) in [5.74, 6) is 1.59. The molecular formula is C17H20O3. The first-order valence-electron chi connectivity index (χ1n) is 6.65. The molecule has 0 bridgehead atoms. The molecule has 0 aliphatic carbocycles. The Balaban J connectivity index is 2.11. The lowest BCUT2D eigenvalue weighted by molar-refractivity contribution is 0.190. The summed E-state index contributed by atoms with van der Waals surface area (Å²) in [7, 11) is 1.66. The molecule has 0 spiro atoms. The first-order chi connectivity index (χ1) is 9.61. The van der Waals surface area contributed by atoms with Gasteiger partial charge in [0.05, 0.1) is 13.2 Å². The molecule has 2 aromatic carbocycles. The third kappa shape index (κ3) is 3.31. The Kier molecular flexibility index (Phi) is 4.64. The zero-order chi connectivity index (χ0) is 14.5. The largest absolute Gasteiger partial charge is 0.496 e. The molecule has 3 heteroatoms. The van der Waals surface area contributed by atoms with Crippen molar-refractivity contribution in [3.8, 4) is 11.5 Å². The highest BCUT2D eigenvalue weighted by atomic mass is 16.5. The molecular weight excluding hydrogens is 252 g/mol.